The highest BCUT2D eigenvalue weighted by atomic mass is 16.5. The van der Waals surface area contributed by atoms with E-state index in [1.54, 1.807) is 0 Å². The maximum atomic E-state index is 5.87. The molecule has 2 heteroatoms. The van der Waals surface area contributed by atoms with Gasteiger partial charge in [0, 0.05) is 18.6 Å². The van der Waals surface area contributed by atoms with E-state index < -0.39 is 0 Å². The molecule has 1 saturated heterocycles. The van der Waals surface area contributed by atoms with Crippen LogP contribution >= 0.6 is 0 Å². The molecular formula is C17H24O2. The lowest BCUT2D eigenvalue weighted by atomic mass is 9.79. The van der Waals surface area contributed by atoms with Gasteiger partial charge >= 0.3 is 0 Å². The van der Waals surface area contributed by atoms with Gasteiger partial charge in [-0.3, -0.25) is 0 Å². The predicted molar refractivity (Wildman–Crippen MR) is 78.8 cm³/mol. The van der Waals surface area contributed by atoms with Gasteiger partial charge < -0.3 is 9.47 Å². The van der Waals surface area contributed by atoms with Crippen LogP contribution in [0.4, 0.5) is 0 Å². The quantitative estimate of drug-likeness (QED) is 0.736. The van der Waals surface area contributed by atoms with Gasteiger partial charge in [0.25, 0.3) is 0 Å². The molecule has 0 N–H and O–H groups in total. The molecular weight excluding hydrogens is 236 g/mol. The zero-order valence-corrected chi connectivity index (χ0v) is 12.0. The van der Waals surface area contributed by atoms with Crippen LogP contribution in [-0.2, 0) is 9.47 Å². The maximum Gasteiger partial charge on any atom is 0.0931 e. The van der Waals surface area contributed by atoms with Crippen LogP contribution in [-0.4, -0.2) is 19.8 Å². The summed E-state index contributed by atoms with van der Waals surface area (Å²) in [6.07, 6.45) is 5.29. The molecule has 19 heavy (non-hydrogen) atoms. The van der Waals surface area contributed by atoms with E-state index in [4.69, 9.17) is 9.47 Å². The second kappa shape index (κ2) is 6.76. The monoisotopic (exact) mass is 260 g/mol. The Balaban J connectivity index is 1.91. The lowest BCUT2D eigenvalue weighted by Crippen LogP contribution is -2.32. The normalized spacial score (nSPS) is 19.2. The smallest absolute Gasteiger partial charge is 0.0931 e. The molecule has 1 heterocycles. The molecule has 104 valence electrons. The second-order valence-electron chi connectivity index (χ2n) is 5.44. The third kappa shape index (κ3) is 3.84. The molecule has 0 bridgehead atoms. The Bertz CT molecular complexity index is 403. The van der Waals surface area contributed by atoms with Crippen molar-refractivity contribution in [1.82, 2.24) is 0 Å². The molecule has 0 unspecified atom stereocenters. The molecule has 0 aliphatic carbocycles. The highest BCUT2D eigenvalue weighted by molar-refractivity contribution is 5.62. The highest BCUT2D eigenvalue weighted by Gasteiger charge is 2.31. The predicted octanol–water partition coefficient (Wildman–Crippen LogP) is 4.27. The number of benzene rings is 1. The zero-order valence-electron chi connectivity index (χ0n) is 12.0. The third-order valence-electron chi connectivity index (χ3n) is 4.18. The molecule has 1 aromatic rings. The molecule has 1 aliphatic heterocycles. The van der Waals surface area contributed by atoms with Crippen LogP contribution in [0.3, 0.4) is 0 Å². The minimum Gasteiger partial charge on any atom is -0.500 e. The molecule has 0 amide bonds. The first kappa shape index (κ1) is 14.1. The number of hydrogen-bond acceptors (Lipinski definition) is 2. The fraction of sp³-hybridized carbons (Fsp3) is 0.529. The number of allylic oxidation sites excluding steroid dienone is 1. The zero-order chi connectivity index (χ0) is 13.6. The maximum absolute atomic E-state index is 5.87. The van der Waals surface area contributed by atoms with Gasteiger partial charge in [0.1, 0.15) is 0 Å². The van der Waals surface area contributed by atoms with Crippen LogP contribution < -0.4 is 0 Å². The van der Waals surface area contributed by atoms with E-state index in [-0.39, 0.29) is 0 Å². The molecule has 0 aromatic heterocycles. The van der Waals surface area contributed by atoms with E-state index in [2.05, 4.69) is 38.1 Å². The van der Waals surface area contributed by atoms with Gasteiger partial charge in [-0.25, -0.2) is 0 Å². The van der Waals surface area contributed by atoms with Crippen molar-refractivity contribution in [2.75, 3.05) is 19.8 Å². The van der Waals surface area contributed by atoms with Gasteiger partial charge in [0.15, 0.2) is 0 Å². The topological polar surface area (TPSA) is 18.5 Å². The first-order valence-electron chi connectivity index (χ1n) is 7.17. The molecule has 0 atom stereocenters. The SMILES string of the molecule is CCC1(CO/C=C(/C)c2ccccc2)CCOCC1. The summed E-state index contributed by atoms with van der Waals surface area (Å²) in [5.41, 5.74) is 2.71. The molecule has 1 fully saturated rings. The van der Waals surface area contributed by atoms with Gasteiger partial charge in [0.2, 0.25) is 0 Å². The van der Waals surface area contributed by atoms with Crippen LogP contribution in [0.1, 0.15) is 38.7 Å². The van der Waals surface area contributed by atoms with E-state index in [9.17, 15) is 0 Å². The minimum atomic E-state index is 0.311. The van der Waals surface area contributed by atoms with Crippen molar-refractivity contribution in [3.05, 3.63) is 42.2 Å². The molecule has 1 aliphatic rings. The van der Waals surface area contributed by atoms with E-state index >= 15 is 0 Å². The van der Waals surface area contributed by atoms with Gasteiger partial charge in [-0.05, 0) is 37.3 Å². The molecule has 1 aromatic carbocycles. The summed E-state index contributed by atoms with van der Waals surface area (Å²) in [7, 11) is 0. The molecule has 0 saturated carbocycles. The minimum absolute atomic E-state index is 0.311. The van der Waals surface area contributed by atoms with Gasteiger partial charge in [-0.15, -0.1) is 0 Å². The van der Waals surface area contributed by atoms with Crippen molar-refractivity contribution in [2.45, 2.75) is 33.1 Å². The molecule has 2 nitrogen and oxygen atoms in total. The van der Waals surface area contributed by atoms with Crippen molar-refractivity contribution >= 4 is 5.57 Å². The second-order valence-corrected chi connectivity index (χ2v) is 5.44. The van der Waals surface area contributed by atoms with E-state index in [0.29, 0.717) is 5.41 Å². The van der Waals surface area contributed by atoms with E-state index in [1.807, 2.05) is 12.3 Å². The summed E-state index contributed by atoms with van der Waals surface area (Å²) in [6, 6.07) is 10.4. The van der Waals surface area contributed by atoms with Crippen molar-refractivity contribution in [3.8, 4) is 0 Å². The Morgan fingerprint density at radius 1 is 1.26 bits per heavy atom. The number of ether oxygens (including phenoxy) is 2. The Morgan fingerprint density at radius 2 is 1.95 bits per heavy atom. The summed E-state index contributed by atoms with van der Waals surface area (Å²) in [5, 5.41) is 0. The van der Waals surface area contributed by atoms with Crippen molar-refractivity contribution < 1.29 is 9.47 Å². The van der Waals surface area contributed by atoms with Gasteiger partial charge in [0.05, 0.1) is 12.9 Å². The van der Waals surface area contributed by atoms with Crippen LogP contribution in [0.25, 0.3) is 5.57 Å². The Morgan fingerprint density at radius 3 is 2.58 bits per heavy atom. The summed E-state index contributed by atoms with van der Waals surface area (Å²) >= 11 is 0. The van der Waals surface area contributed by atoms with E-state index in [1.165, 1.54) is 11.1 Å². The van der Waals surface area contributed by atoms with Crippen LogP contribution in [0, 0.1) is 5.41 Å². The lowest BCUT2D eigenvalue weighted by molar-refractivity contribution is -0.0213. The first-order valence-corrected chi connectivity index (χ1v) is 7.17. The fourth-order valence-corrected chi connectivity index (χ4v) is 2.52. The van der Waals surface area contributed by atoms with Crippen LogP contribution in [0.2, 0.25) is 0 Å². The van der Waals surface area contributed by atoms with Crippen molar-refractivity contribution in [3.63, 3.8) is 0 Å². The Labute approximate surface area is 116 Å². The van der Waals surface area contributed by atoms with Crippen LogP contribution in [0.5, 0.6) is 0 Å². The van der Waals surface area contributed by atoms with Gasteiger partial charge in [-0.1, -0.05) is 37.3 Å². The molecule has 0 radical (unpaired) electrons. The largest absolute Gasteiger partial charge is 0.500 e. The highest BCUT2D eigenvalue weighted by Crippen LogP contribution is 2.34. The Hall–Kier alpha value is -1.28. The van der Waals surface area contributed by atoms with Crippen molar-refractivity contribution in [1.29, 1.82) is 0 Å². The average molecular weight is 260 g/mol. The molecule has 0 spiro atoms. The summed E-state index contributed by atoms with van der Waals surface area (Å²) in [4.78, 5) is 0. The lowest BCUT2D eigenvalue weighted by Gasteiger charge is -2.35. The number of rotatable bonds is 5. The van der Waals surface area contributed by atoms with Crippen LogP contribution in [0.15, 0.2) is 36.6 Å². The Kier molecular flexibility index (Phi) is 5.03. The standard InChI is InChI=1S/C17H24O2/c1-3-17(9-11-18-12-10-17)14-19-13-15(2)16-7-5-4-6-8-16/h4-8,13H,3,9-12,14H2,1-2H3/b15-13-. The summed E-state index contributed by atoms with van der Waals surface area (Å²) in [5.74, 6) is 0. The van der Waals surface area contributed by atoms with E-state index in [0.717, 1.165) is 39.1 Å². The number of hydrogen-bond donors (Lipinski definition) is 0. The average Bonchev–Trinajstić information content (AvgIpc) is 2.49. The third-order valence-corrected chi connectivity index (χ3v) is 4.18. The fourth-order valence-electron chi connectivity index (χ4n) is 2.52. The first-order chi connectivity index (χ1) is 9.26. The summed E-state index contributed by atoms with van der Waals surface area (Å²) < 4.78 is 11.3. The molecule has 2 rings (SSSR count). The van der Waals surface area contributed by atoms with Crippen molar-refractivity contribution in [2.24, 2.45) is 5.41 Å². The summed E-state index contributed by atoms with van der Waals surface area (Å²) in [6.45, 7) is 6.90. The van der Waals surface area contributed by atoms with Gasteiger partial charge in [-0.2, -0.15) is 0 Å².